The second kappa shape index (κ2) is 7.11. The van der Waals surface area contributed by atoms with Crippen LogP contribution in [-0.2, 0) is 25.4 Å². The van der Waals surface area contributed by atoms with Crippen molar-refractivity contribution in [1.29, 1.82) is 0 Å². The Balaban J connectivity index is 1.57. The average Bonchev–Trinajstić information content (AvgIpc) is 3.10. The third kappa shape index (κ3) is 2.66. The number of aliphatic hydroxyl groups is 2. The van der Waals surface area contributed by atoms with E-state index in [9.17, 15) is 15.0 Å². The largest absolute Gasteiger partial charge is 0.392 e. The second-order valence-corrected chi connectivity index (χ2v) is 11.4. The molecule has 6 rings (SSSR count). The first-order valence-corrected chi connectivity index (χ1v) is 12.5. The highest BCUT2D eigenvalue weighted by Gasteiger charge is 2.79. The molecule has 2 saturated heterocycles. The molecule has 6 heteroatoms. The molecule has 0 spiro atoms. The SMILES string of the molecule is C=C(C)[C@]12C[C@@H](C)[C@@]34O[C@](Cc5ccccc5)(O[C@@H]1[C@@H]3C=C(CO)C[C@]1(O)C(=O)[C@@H](C)C[C@@H]41)O2. The van der Waals surface area contributed by atoms with Gasteiger partial charge in [0.1, 0.15) is 17.3 Å². The molecule has 0 amide bonds. The Kier molecular flexibility index (Phi) is 4.73. The van der Waals surface area contributed by atoms with Gasteiger partial charge in [0.2, 0.25) is 0 Å². The number of hydrogen-bond donors (Lipinski definition) is 2. The van der Waals surface area contributed by atoms with Gasteiger partial charge in [-0.05, 0) is 42.4 Å². The van der Waals surface area contributed by atoms with Gasteiger partial charge in [-0.1, -0.05) is 56.8 Å². The van der Waals surface area contributed by atoms with Gasteiger partial charge in [0, 0.05) is 24.2 Å². The molecule has 5 aliphatic rings. The van der Waals surface area contributed by atoms with Gasteiger partial charge in [-0.25, -0.2) is 0 Å². The zero-order chi connectivity index (χ0) is 24.1. The number of hydrogen-bond acceptors (Lipinski definition) is 6. The van der Waals surface area contributed by atoms with E-state index in [1.807, 2.05) is 50.3 Å². The fourth-order valence-electron chi connectivity index (χ4n) is 7.95. The summed E-state index contributed by atoms with van der Waals surface area (Å²) in [6.07, 6.45) is 3.33. The van der Waals surface area contributed by atoms with Gasteiger partial charge in [0.25, 0.3) is 5.97 Å². The molecule has 0 unspecified atom stereocenters. The first-order valence-electron chi connectivity index (χ1n) is 12.5. The van der Waals surface area contributed by atoms with Crippen molar-refractivity contribution in [2.75, 3.05) is 6.61 Å². The van der Waals surface area contributed by atoms with Crippen LogP contribution in [0.3, 0.4) is 0 Å². The van der Waals surface area contributed by atoms with Crippen LogP contribution in [0.15, 0.2) is 54.1 Å². The molecule has 1 aromatic carbocycles. The molecule has 2 saturated carbocycles. The van der Waals surface area contributed by atoms with Gasteiger partial charge in [-0.2, -0.15) is 0 Å². The maximum atomic E-state index is 13.4. The molecule has 4 fully saturated rings. The van der Waals surface area contributed by atoms with Gasteiger partial charge >= 0.3 is 0 Å². The fourth-order valence-corrected chi connectivity index (χ4v) is 7.95. The Morgan fingerprint density at radius 1 is 1.21 bits per heavy atom. The van der Waals surface area contributed by atoms with Gasteiger partial charge in [-0.3, -0.25) is 4.79 Å². The van der Waals surface area contributed by atoms with E-state index in [1.165, 1.54) is 0 Å². The average molecular weight is 467 g/mol. The Morgan fingerprint density at radius 3 is 2.62 bits per heavy atom. The topological polar surface area (TPSA) is 85.2 Å². The van der Waals surface area contributed by atoms with Crippen LogP contribution in [-0.4, -0.2) is 51.5 Å². The molecule has 1 aromatic rings. The van der Waals surface area contributed by atoms with E-state index in [1.54, 1.807) is 0 Å². The van der Waals surface area contributed by atoms with Gasteiger partial charge in [0.05, 0.1) is 18.6 Å². The number of rotatable bonds is 4. The zero-order valence-corrected chi connectivity index (χ0v) is 20.1. The van der Waals surface area contributed by atoms with Crippen LogP contribution in [0.5, 0.6) is 0 Å². The lowest BCUT2D eigenvalue weighted by Gasteiger charge is -2.59. The predicted octanol–water partition coefficient (Wildman–Crippen LogP) is 3.32. The van der Waals surface area contributed by atoms with Gasteiger partial charge < -0.3 is 24.4 Å². The monoisotopic (exact) mass is 466 g/mol. The standard InChI is InChI=1S/C28H34O6/c1-16(2)26-12-18(4)28-21(11-20(15-29)13-25(31)22(28)10-17(3)23(25)30)24(26)32-27(33-26,34-28)14-19-8-6-5-7-9-19/h5-9,11,17-18,21-22,24,29,31H,1,10,12-15H2,2-4H3/t17-,18+,21-,22+,24+,25+,26+,27+,28+/m0/s1. The maximum absolute atomic E-state index is 13.4. The Morgan fingerprint density at radius 2 is 1.94 bits per heavy atom. The number of ketones is 1. The number of carbonyl (C=O) groups is 1. The number of ether oxygens (including phenoxy) is 3. The van der Waals surface area contributed by atoms with Crippen LogP contribution in [0, 0.1) is 23.7 Å². The summed E-state index contributed by atoms with van der Waals surface area (Å²) in [7, 11) is 0. The summed E-state index contributed by atoms with van der Waals surface area (Å²) in [5.41, 5.74) is -0.626. The van der Waals surface area contributed by atoms with E-state index in [-0.39, 0.29) is 42.7 Å². The Labute approximate surface area is 200 Å². The third-order valence-electron chi connectivity index (χ3n) is 9.35. The van der Waals surface area contributed by atoms with E-state index in [0.29, 0.717) is 24.8 Å². The number of carbonyl (C=O) groups excluding carboxylic acids is 1. The third-order valence-corrected chi connectivity index (χ3v) is 9.35. The molecule has 3 aliphatic carbocycles. The highest BCUT2D eigenvalue weighted by atomic mass is 16.9. The summed E-state index contributed by atoms with van der Waals surface area (Å²) in [5, 5.41) is 22.2. The molecule has 182 valence electrons. The number of benzene rings is 1. The van der Waals surface area contributed by atoms with Crippen molar-refractivity contribution in [1.82, 2.24) is 0 Å². The van der Waals surface area contributed by atoms with Crippen molar-refractivity contribution in [2.24, 2.45) is 23.7 Å². The van der Waals surface area contributed by atoms with Crippen LogP contribution in [0.4, 0.5) is 0 Å². The second-order valence-electron chi connectivity index (χ2n) is 11.4. The summed E-state index contributed by atoms with van der Waals surface area (Å²) in [4.78, 5) is 13.4. The molecule has 2 heterocycles. The number of Topliss-reactive ketones (excluding diaryl/α,β-unsaturated/α-hetero) is 1. The molecule has 6 nitrogen and oxygen atoms in total. The molecule has 2 aliphatic heterocycles. The Hall–Kier alpha value is -1.83. The summed E-state index contributed by atoms with van der Waals surface area (Å²) >= 11 is 0. The predicted molar refractivity (Wildman–Crippen MR) is 124 cm³/mol. The van der Waals surface area contributed by atoms with Crippen molar-refractivity contribution in [3.05, 3.63) is 59.7 Å². The van der Waals surface area contributed by atoms with Crippen LogP contribution >= 0.6 is 0 Å². The lowest BCUT2D eigenvalue weighted by Crippen LogP contribution is -2.70. The van der Waals surface area contributed by atoms with Gasteiger partial charge in [-0.15, -0.1) is 0 Å². The quantitative estimate of drug-likeness (QED) is 0.663. The van der Waals surface area contributed by atoms with Crippen molar-refractivity contribution in [3.8, 4) is 0 Å². The summed E-state index contributed by atoms with van der Waals surface area (Å²) < 4.78 is 20.6. The summed E-state index contributed by atoms with van der Waals surface area (Å²) in [5.74, 6) is -2.50. The van der Waals surface area contributed by atoms with E-state index < -0.39 is 28.7 Å². The molecule has 0 aromatic heterocycles. The molecule has 3 bridgehead atoms. The highest BCUT2D eigenvalue weighted by Crippen LogP contribution is 2.69. The molecule has 2 N–H and O–H groups in total. The lowest BCUT2D eigenvalue weighted by molar-refractivity contribution is -0.424. The zero-order valence-electron chi connectivity index (χ0n) is 20.1. The van der Waals surface area contributed by atoms with Crippen LogP contribution in [0.1, 0.15) is 45.6 Å². The highest BCUT2D eigenvalue weighted by molar-refractivity contribution is 5.92. The minimum atomic E-state index is -1.58. The van der Waals surface area contributed by atoms with Crippen molar-refractivity contribution < 1.29 is 29.2 Å². The molecular formula is C28H34O6. The summed E-state index contributed by atoms with van der Waals surface area (Å²) in [6.45, 7) is 10.1. The fraction of sp³-hybridized carbons (Fsp3) is 0.607. The normalized spacial score (nSPS) is 48.8. The van der Waals surface area contributed by atoms with E-state index in [0.717, 1.165) is 11.1 Å². The summed E-state index contributed by atoms with van der Waals surface area (Å²) in [6, 6.07) is 9.97. The lowest BCUT2D eigenvalue weighted by atomic mass is 9.54. The molecular weight excluding hydrogens is 432 g/mol. The first kappa shape index (κ1) is 22.6. The number of fused-ring (bicyclic) bond motifs is 2. The smallest absolute Gasteiger partial charge is 0.289 e. The van der Waals surface area contributed by atoms with Crippen molar-refractivity contribution in [3.63, 3.8) is 0 Å². The molecule has 9 atom stereocenters. The Bertz CT molecular complexity index is 1080. The van der Waals surface area contributed by atoms with Crippen LogP contribution in [0.2, 0.25) is 0 Å². The molecule has 0 radical (unpaired) electrons. The van der Waals surface area contributed by atoms with E-state index >= 15 is 0 Å². The van der Waals surface area contributed by atoms with Crippen molar-refractivity contribution >= 4 is 5.78 Å². The molecule has 34 heavy (non-hydrogen) atoms. The van der Waals surface area contributed by atoms with Crippen LogP contribution in [0.25, 0.3) is 0 Å². The minimum Gasteiger partial charge on any atom is -0.392 e. The minimum absolute atomic E-state index is 0.0316. The van der Waals surface area contributed by atoms with Crippen LogP contribution < -0.4 is 0 Å². The first-order chi connectivity index (χ1) is 16.1. The maximum Gasteiger partial charge on any atom is 0.289 e. The van der Waals surface area contributed by atoms with E-state index in [2.05, 4.69) is 13.5 Å². The number of aliphatic hydroxyl groups excluding tert-OH is 1. The van der Waals surface area contributed by atoms with Gasteiger partial charge in [0.15, 0.2) is 5.78 Å². The van der Waals surface area contributed by atoms with E-state index in [4.69, 9.17) is 14.2 Å². The van der Waals surface area contributed by atoms with Crippen molar-refractivity contribution in [2.45, 2.75) is 75.3 Å².